The molecule has 110 valence electrons. The molecular weight excluding hydrogens is 266 g/mol. The lowest BCUT2D eigenvalue weighted by Gasteiger charge is -2.30. The van der Waals surface area contributed by atoms with Gasteiger partial charge in [-0.15, -0.1) is 0 Å². The van der Waals surface area contributed by atoms with Gasteiger partial charge in [0.15, 0.2) is 0 Å². The van der Waals surface area contributed by atoms with Gasteiger partial charge in [0.1, 0.15) is 0 Å². The first-order valence-electron chi connectivity index (χ1n) is 7.42. The molecule has 0 aliphatic carbocycles. The molecular formula is C16H25N3S. The van der Waals surface area contributed by atoms with Crippen molar-refractivity contribution in [2.45, 2.75) is 25.3 Å². The van der Waals surface area contributed by atoms with Gasteiger partial charge < -0.3 is 10.6 Å². The van der Waals surface area contributed by atoms with Crippen LogP contribution in [0, 0.1) is 0 Å². The fraction of sp³-hybridized carbons (Fsp3) is 0.562. The summed E-state index contributed by atoms with van der Waals surface area (Å²) in [6.45, 7) is 4.69. The third kappa shape index (κ3) is 4.54. The predicted octanol–water partition coefficient (Wildman–Crippen LogP) is 2.43. The summed E-state index contributed by atoms with van der Waals surface area (Å²) in [5.41, 5.74) is 7.08. The van der Waals surface area contributed by atoms with Gasteiger partial charge in [-0.2, -0.15) is 0 Å². The first kappa shape index (κ1) is 15.4. The van der Waals surface area contributed by atoms with Crippen molar-refractivity contribution < 1.29 is 0 Å². The first-order valence-corrected chi connectivity index (χ1v) is 7.83. The number of rotatable bonds is 7. The zero-order chi connectivity index (χ0) is 14.4. The molecule has 0 radical (unpaired) electrons. The fourth-order valence-electron chi connectivity index (χ4n) is 2.86. The molecule has 1 heterocycles. The van der Waals surface area contributed by atoms with Crippen LogP contribution < -0.4 is 5.73 Å². The molecule has 20 heavy (non-hydrogen) atoms. The molecule has 4 heteroatoms. The Bertz CT molecular complexity index is 415. The van der Waals surface area contributed by atoms with E-state index in [1.165, 1.54) is 31.5 Å². The second-order valence-electron chi connectivity index (χ2n) is 5.63. The van der Waals surface area contributed by atoms with Crippen LogP contribution in [-0.4, -0.2) is 48.0 Å². The van der Waals surface area contributed by atoms with Gasteiger partial charge in [-0.25, -0.2) is 0 Å². The quantitative estimate of drug-likeness (QED) is 0.782. The van der Waals surface area contributed by atoms with Crippen LogP contribution in [0.5, 0.6) is 0 Å². The number of likely N-dealkylation sites (tertiary alicyclic amines) is 1. The van der Waals surface area contributed by atoms with Crippen molar-refractivity contribution in [1.29, 1.82) is 0 Å². The minimum absolute atomic E-state index is 0.288. The van der Waals surface area contributed by atoms with Crippen molar-refractivity contribution in [3.8, 4) is 0 Å². The summed E-state index contributed by atoms with van der Waals surface area (Å²) in [7, 11) is 2.17. The Labute approximate surface area is 127 Å². The van der Waals surface area contributed by atoms with Crippen molar-refractivity contribution in [2.24, 2.45) is 5.73 Å². The van der Waals surface area contributed by atoms with Crippen molar-refractivity contribution in [2.75, 3.05) is 33.2 Å². The number of likely N-dealkylation sites (N-methyl/N-ethyl adjacent to an activating group) is 1. The zero-order valence-corrected chi connectivity index (χ0v) is 13.1. The zero-order valence-electron chi connectivity index (χ0n) is 12.3. The summed E-state index contributed by atoms with van der Waals surface area (Å²) in [5.74, 6) is 0. The molecule has 0 aromatic heterocycles. The fourth-order valence-corrected chi connectivity index (χ4v) is 3.01. The highest BCUT2D eigenvalue weighted by Crippen LogP contribution is 2.23. The third-order valence-corrected chi connectivity index (χ3v) is 4.25. The van der Waals surface area contributed by atoms with E-state index in [0.717, 1.165) is 19.5 Å². The molecule has 3 nitrogen and oxygen atoms in total. The summed E-state index contributed by atoms with van der Waals surface area (Å²) in [6.07, 6.45) is 3.44. The van der Waals surface area contributed by atoms with Crippen LogP contribution in [0.15, 0.2) is 30.3 Å². The van der Waals surface area contributed by atoms with Gasteiger partial charge in [0.2, 0.25) is 0 Å². The normalized spacial score (nSPS) is 17.5. The number of benzene rings is 1. The van der Waals surface area contributed by atoms with Crippen molar-refractivity contribution in [1.82, 2.24) is 9.80 Å². The Kier molecular flexibility index (Phi) is 5.95. The standard InChI is InChI=1S/C16H25N3S/c1-18(11-12-19-9-5-6-10-19)15(13-16(17)20)14-7-3-2-4-8-14/h2-4,7-8,15H,5-6,9-13H2,1H3,(H2,17,20). The number of nitrogens with zero attached hydrogens (tertiary/aromatic N) is 2. The molecule has 0 saturated carbocycles. The van der Waals surface area contributed by atoms with E-state index >= 15 is 0 Å². The third-order valence-electron chi connectivity index (χ3n) is 4.08. The minimum atomic E-state index is 0.288. The van der Waals surface area contributed by atoms with Crippen molar-refractivity contribution >= 4 is 17.2 Å². The van der Waals surface area contributed by atoms with Gasteiger partial charge in [0.05, 0.1) is 4.99 Å². The van der Waals surface area contributed by atoms with Crippen LogP contribution >= 0.6 is 12.2 Å². The van der Waals surface area contributed by atoms with Gasteiger partial charge in [0.25, 0.3) is 0 Å². The molecule has 1 aliphatic rings. The average molecular weight is 291 g/mol. The molecule has 1 aliphatic heterocycles. The van der Waals surface area contributed by atoms with Gasteiger partial charge in [0, 0.05) is 25.6 Å². The Morgan fingerprint density at radius 1 is 1.30 bits per heavy atom. The van der Waals surface area contributed by atoms with E-state index in [0.29, 0.717) is 4.99 Å². The minimum Gasteiger partial charge on any atom is -0.393 e. The van der Waals surface area contributed by atoms with Gasteiger partial charge in [-0.1, -0.05) is 42.5 Å². The van der Waals surface area contributed by atoms with Crippen LogP contribution in [0.1, 0.15) is 30.9 Å². The van der Waals surface area contributed by atoms with Gasteiger partial charge in [-0.05, 0) is 38.5 Å². The highest BCUT2D eigenvalue weighted by molar-refractivity contribution is 7.80. The van der Waals surface area contributed by atoms with E-state index in [4.69, 9.17) is 18.0 Å². The van der Waals surface area contributed by atoms with E-state index in [2.05, 4.69) is 41.1 Å². The Balaban J connectivity index is 1.96. The number of thiocarbonyl (C=S) groups is 1. The molecule has 1 saturated heterocycles. The monoisotopic (exact) mass is 291 g/mol. The number of hydrogen-bond acceptors (Lipinski definition) is 3. The maximum absolute atomic E-state index is 5.78. The largest absolute Gasteiger partial charge is 0.393 e. The summed E-state index contributed by atoms with van der Waals surface area (Å²) in [5, 5.41) is 0. The lowest BCUT2D eigenvalue weighted by atomic mass is 10.0. The molecule has 1 aromatic rings. The summed E-state index contributed by atoms with van der Waals surface area (Å²) >= 11 is 5.12. The van der Waals surface area contributed by atoms with Crippen LogP contribution in [0.25, 0.3) is 0 Å². The van der Waals surface area contributed by atoms with Crippen molar-refractivity contribution in [3.05, 3.63) is 35.9 Å². The molecule has 1 fully saturated rings. The average Bonchev–Trinajstić information content (AvgIpc) is 2.96. The van der Waals surface area contributed by atoms with Crippen LogP contribution in [0.4, 0.5) is 0 Å². The topological polar surface area (TPSA) is 32.5 Å². The van der Waals surface area contributed by atoms with Crippen LogP contribution in [0.2, 0.25) is 0 Å². The van der Waals surface area contributed by atoms with Crippen LogP contribution in [-0.2, 0) is 0 Å². The first-order chi connectivity index (χ1) is 9.66. The van der Waals surface area contributed by atoms with E-state index in [9.17, 15) is 0 Å². The SMILES string of the molecule is CN(CCN1CCCC1)C(CC(N)=S)c1ccccc1. The Hall–Kier alpha value is -0.970. The molecule has 1 atom stereocenters. The lowest BCUT2D eigenvalue weighted by molar-refractivity contribution is 0.209. The summed E-state index contributed by atoms with van der Waals surface area (Å²) < 4.78 is 0. The second-order valence-corrected chi connectivity index (χ2v) is 6.15. The van der Waals surface area contributed by atoms with Crippen LogP contribution in [0.3, 0.4) is 0 Å². The highest BCUT2D eigenvalue weighted by atomic mass is 32.1. The van der Waals surface area contributed by atoms with Crippen molar-refractivity contribution in [3.63, 3.8) is 0 Å². The van der Waals surface area contributed by atoms with E-state index < -0.39 is 0 Å². The number of hydrogen-bond donors (Lipinski definition) is 1. The number of nitrogens with two attached hydrogens (primary N) is 1. The van der Waals surface area contributed by atoms with Gasteiger partial charge in [-0.3, -0.25) is 4.90 Å². The smallest absolute Gasteiger partial charge is 0.0746 e. The predicted molar refractivity (Wildman–Crippen MR) is 88.9 cm³/mol. The molecule has 1 aromatic carbocycles. The van der Waals surface area contributed by atoms with E-state index in [-0.39, 0.29) is 6.04 Å². The summed E-state index contributed by atoms with van der Waals surface area (Å²) in [4.78, 5) is 5.51. The Morgan fingerprint density at radius 2 is 1.95 bits per heavy atom. The van der Waals surface area contributed by atoms with Gasteiger partial charge >= 0.3 is 0 Å². The molecule has 0 amide bonds. The maximum Gasteiger partial charge on any atom is 0.0746 e. The molecule has 0 bridgehead atoms. The maximum atomic E-state index is 5.78. The lowest BCUT2D eigenvalue weighted by Crippen LogP contribution is -2.35. The second kappa shape index (κ2) is 7.72. The van der Waals surface area contributed by atoms with E-state index in [1.54, 1.807) is 0 Å². The van der Waals surface area contributed by atoms with E-state index in [1.807, 2.05) is 6.07 Å². The molecule has 0 spiro atoms. The summed E-state index contributed by atoms with van der Waals surface area (Å²) in [6, 6.07) is 10.8. The molecule has 1 unspecified atom stereocenters. The Morgan fingerprint density at radius 3 is 2.55 bits per heavy atom. The highest BCUT2D eigenvalue weighted by Gasteiger charge is 2.19. The molecule has 2 N–H and O–H groups in total. The molecule has 2 rings (SSSR count).